The number of benzene rings is 1. The Morgan fingerprint density at radius 1 is 1.29 bits per heavy atom. The van der Waals surface area contributed by atoms with Gasteiger partial charge in [0.2, 0.25) is 0 Å². The van der Waals surface area contributed by atoms with Gasteiger partial charge in [-0.05, 0) is 56.8 Å². The van der Waals surface area contributed by atoms with Crippen LogP contribution in [0.2, 0.25) is 5.02 Å². The van der Waals surface area contributed by atoms with E-state index < -0.39 is 0 Å². The summed E-state index contributed by atoms with van der Waals surface area (Å²) in [6.45, 7) is 6.83. The Hall–Kier alpha value is -0.770. The van der Waals surface area contributed by atoms with Crippen molar-refractivity contribution in [3.8, 4) is 0 Å². The second kappa shape index (κ2) is 6.55. The van der Waals surface area contributed by atoms with Gasteiger partial charge in [-0.15, -0.1) is 0 Å². The Labute approximate surface area is 133 Å². The second-order valence-electron chi connectivity index (χ2n) is 6.59. The molecule has 2 heterocycles. The number of nitrogens with two attached hydrogens (primary N) is 1. The van der Waals surface area contributed by atoms with E-state index in [0.717, 1.165) is 36.1 Å². The van der Waals surface area contributed by atoms with Gasteiger partial charge in [0, 0.05) is 42.4 Å². The average Bonchev–Trinajstić information content (AvgIpc) is 2.78. The topological polar surface area (TPSA) is 32.5 Å². The highest BCUT2D eigenvalue weighted by Gasteiger charge is 2.28. The Morgan fingerprint density at radius 2 is 2.10 bits per heavy atom. The fraction of sp³-hybridized carbons (Fsp3) is 0.647. The minimum atomic E-state index is 0.151. The van der Waals surface area contributed by atoms with Crippen LogP contribution in [0.4, 0.5) is 5.69 Å². The first-order valence-corrected chi connectivity index (χ1v) is 8.54. The van der Waals surface area contributed by atoms with Crippen LogP contribution in [0, 0.1) is 0 Å². The average molecular weight is 308 g/mol. The number of rotatable bonds is 3. The fourth-order valence-corrected chi connectivity index (χ4v) is 3.94. The highest BCUT2D eigenvalue weighted by atomic mass is 35.5. The molecule has 116 valence electrons. The first-order chi connectivity index (χ1) is 10.1. The smallest absolute Gasteiger partial charge is 0.0459 e. The monoisotopic (exact) mass is 307 g/mol. The molecule has 0 aliphatic carbocycles. The molecule has 0 radical (unpaired) electrons. The minimum absolute atomic E-state index is 0.151. The molecule has 2 unspecified atom stereocenters. The summed E-state index contributed by atoms with van der Waals surface area (Å²) < 4.78 is 0. The molecule has 21 heavy (non-hydrogen) atoms. The summed E-state index contributed by atoms with van der Waals surface area (Å²) in [5.41, 5.74) is 8.30. The van der Waals surface area contributed by atoms with Gasteiger partial charge in [0.15, 0.2) is 0 Å². The summed E-state index contributed by atoms with van der Waals surface area (Å²) >= 11 is 6.45. The van der Waals surface area contributed by atoms with Gasteiger partial charge >= 0.3 is 0 Å². The Kier molecular flexibility index (Phi) is 4.72. The van der Waals surface area contributed by atoms with Gasteiger partial charge in [0.25, 0.3) is 0 Å². The largest absolute Gasteiger partial charge is 0.370 e. The van der Waals surface area contributed by atoms with Crippen LogP contribution in [0.15, 0.2) is 18.2 Å². The van der Waals surface area contributed by atoms with Crippen molar-refractivity contribution in [2.75, 3.05) is 31.1 Å². The quantitative estimate of drug-likeness (QED) is 0.932. The molecule has 2 saturated heterocycles. The molecular formula is C17H26ClN3. The van der Waals surface area contributed by atoms with Gasteiger partial charge in [-0.3, -0.25) is 4.90 Å². The number of anilines is 1. The van der Waals surface area contributed by atoms with E-state index in [1.165, 1.54) is 38.0 Å². The molecule has 2 N–H and O–H groups in total. The van der Waals surface area contributed by atoms with Crippen molar-refractivity contribution in [2.24, 2.45) is 5.73 Å². The Morgan fingerprint density at radius 3 is 2.86 bits per heavy atom. The fourth-order valence-electron chi connectivity index (χ4n) is 3.69. The summed E-state index contributed by atoms with van der Waals surface area (Å²) in [7, 11) is 0. The molecule has 2 aliphatic rings. The Balaban J connectivity index is 1.75. The van der Waals surface area contributed by atoms with Crippen molar-refractivity contribution in [3.05, 3.63) is 28.8 Å². The minimum Gasteiger partial charge on any atom is -0.370 e. The molecule has 0 spiro atoms. The highest BCUT2D eigenvalue weighted by Crippen LogP contribution is 2.28. The highest BCUT2D eigenvalue weighted by molar-refractivity contribution is 6.31. The zero-order chi connectivity index (χ0) is 14.8. The second-order valence-corrected chi connectivity index (χ2v) is 7.00. The van der Waals surface area contributed by atoms with E-state index in [-0.39, 0.29) is 6.04 Å². The van der Waals surface area contributed by atoms with Crippen LogP contribution in [0.25, 0.3) is 0 Å². The maximum absolute atomic E-state index is 6.45. The van der Waals surface area contributed by atoms with E-state index in [9.17, 15) is 0 Å². The first kappa shape index (κ1) is 15.1. The summed E-state index contributed by atoms with van der Waals surface area (Å²) in [6, 6.07) is 7.38. The molecule has 0 aromatic heterocycles. The van der Waals surface area contributed by atoms with E-state index in [0.29, 0.717) is 0 Å². The van der Waals surface area contributed by atoms with E-state index in [1.54, 1.807) is 0 Å². The summed E-state index contributed by atoms with van der Waals surface area (Å²) in [6.07, 6.45) is 4.78. The number of halogens is 1. The summed E-state index contributed by atoms with van der Waals surface area (Å²) in [4.78, 5) is 5.17. The van der Waals surface area contributed by atoms with Crippen molar-refractivity contribution in [1.29, 1.82) is 0 Å². The summed E-state index contributed by atoms with van der Waals surface area (Å²) in [5.74, 6) is 0. The molecular weight excluding hydrogens is 282 g/mol. The lowest BCUT2D eigenvalue weighted by Crippen LogP contribution is -2.36. The third-order valence-corrected chi connectivity index (χ3v) is 5.10. The number of fused-ring (bicyclic) bond motifs is 1. The lowest BCUT2D eigenvalue weighted by molar-refractivity contribution is 0.273. The predicted molar refractivity (Wildman–Crippen MR) is 90.2 cm³/mol. The zero-order valence-corrected chi connectivity index (χ0v) is 13.6. The molecule has 0 amide bonds. The normalized spacial score (nSPS) is 24.7. The maximum Gasteiger partial charge on any atom is 0.0459 e. The maximum atomic E-state index is 6.45. The lowest BCUT2D eigenvalue weighted by atomic mass is 10.1. The van der Waals surface area contributed by atoms with Gasteiger partial charge in [0.1, 0.15) is 0 Å². The molecule has 2 atom stereocenters. The van der Waals surface area contributed by atoms with Crippen LogP contribution in [0.1, 0.15) is 31.7 Å². The van der Waals surface area contributed by atoms with Crippen LogP contribution in [-0.4, -0.2) is 43.2 Å². The zero-order valence-electron chi connectivity index (χ0n) is 12.9. The number of nitrogens with zero attached hydrogens (tertiary/aromatic N) is 2. The van der Waals surface area contributed by atoms with Crippen molar-refractivity contribution in [1.82, 2.24) is 4.90 Å². The molecule has 2 aliphatic heterocycles. The van der Waals surface area contributed by atoms with Crippen LogP contribution in [0.3, 0.4) is 0 Å². The molecule has 3 nitrogen and oxygen atoms in total. The van der Waals surface area contributed by atoms with Gasteiger partial charge in [0.05, 0.1) is 0 Å². The molecule has 1 aromatic carbocycles. The van der Waals surface area contributed by atoms with Crippen LogP contribution in [0.5, 0.6) is 0 Å². The number of hydrogen-bond acceptors (Lipinski definition) is 3. The Bertz CT molecular complexity index is 489. The molecule has 4 heteroatoms. The molecule has 0 saturated carbocycles. The van der Waals surface area contributed by atoms with E-state index in [4.69, 9.17) is 17.3 Å². The van der Waals surface area contributed by atoms with Crippen LogP contribution in [-0.2, 0) is 6.42 Å². The molecule has 1 aromatic rings. The number of hydrogen-bond donors (Lipinski definition) is 1. The first-order valence-electron chi connectivity index (χ1n) is 8.16. The summed E-state index contributed by atoms with van der Waals surface area (Å²) in [5, 5.41) is 0.859. The molecule has 0 bridgehead atoms. The van der Waals surface area contributed by atoms with Crippen LogP contribution >= 0.6 is 11.6 Å². The third-order valence-electron chi connectivity index (χ3n) is 4.75. The van der Waals surface area contributed by atoms with Crippen molar-refractivity contribution in [3.63, 3.8) is 0 Å². The lowest BCUT2D eigenvalue weighted by Gasteiger charge is -2.27. The molecule has 3 rings (SSSR count). The van der Waals surface area contributed by atoms with Gasteiger partial charge in [-0.1, -0.05) is 17.7 Å². The predicted octanol–water partition coefficient (Wildman–Crippen LogP) is 2.90. The third kappa shape index (κ3) is 3.53. The molecule has 2 fully saturated rings. The van der Waals surface area contributed by atoms with Crippen LogP contribution < -0.4 is 10.6 Å². The van der Waals surface area contributed by atoms with Gasteiger partial charge in [-0.2, -0.15) is 0 Å². The van der Waals surface area contributed by atoms with E-state index in [2.05, 4.69) is 28.0 Å². The van der Waals surface area contributed by atoms with E-state index in [1.807, 2.05) is 6.92 Å². The van der Waals surface area contributed by atoms with Crippen molar-refractivity contribution >= 4 is 17.3 Å². The van der Waals surface area contributed by atoms with Gasteiger partial charge < -0.3 is 10.6 Å². The van der Waals surface area contributed by atoms with Gasteiger partial charge in [-0.25, -0.2) is 0 Å². The SMILES string of the molecule is CC(N)Cc1ccc(N2CCCN3CCCC3C2)cc1Cl. The standard InChI is InChI=1S/C17H26ClN3/c1-13(19)10-14-5-6-15(11-17(14)18)21-9-3-8-20-7-2-4-16(20)12-21/h5-6,11,13,16H,2-4,7-10,12,19H2,1H3. The van der Waals surface area contributed by atoms with E-state index >= 15 is 0 Å². The van der Waals surface area contributed by atoms with Crippen molar-refractivity contribution in [2.45, 2.75) is 44.7 Å². The van der Waals surface area contributed by atoms with Crippen molar-refractivity contribution < 1.29 is 0 Å².